The summed E-state index contributed by atoms with van der Waals surface area (Å²) in [7, 11) is 0. The Labute approximate surface area is 242 Å². The fourth-order valence-corrected chi connectivity index (χ4v) is 10.3. The van der Waals surface area contributed by atoms with Gasteiger partial charge in [0.05, 0.1) is 16.0 Å². The number of alkyl halides is 3. The quantitative estimate of drug-likeness (QED) is 0.376. The van der Waals surface area contributed by atoms with Crippen molar-refractivity contribution in [1.29, 1.82) is 0 Å². The van der Waals surface area contributed by atoms with Crippen LogP contribution in [-0.4, -0.2) is 51.5 Å². The van der Waals surface area contributed by atoms with Crippen LogP contribution in [0.5, 0.6) is 0 Å². The molecule has 1 N–H and O–H groups in total. The third-order valence-electron chi connectivity index (χ3n) is 9.79. The molecule has 1 aromatic heterocycles. The van der Waals surface area contributed by atoms with Crippen LogP contribution >= 0.6 is 46.3 Å². The Kier molecular flexibility index (Phi) is 7.19. The van der Waals surface area contributed by atoms with Crippen molar-refractivity contribution < 1.29 is 37.4 Å². The minimum Gasteiger partial charge on any atom is -0.446 e. The lowest BCUT2D eigenvalue weighted by Crippen LogP contribution is -2.70. The number of carbonyl (C=O) groups excluding carboxylic acids is 3. The van der Waals surface area contributed by atoms with Crippen LogP contribution in [0.25, 0.3) is 0 Å². The highest BCUT2D eigenvalue weighted by atomic mass is 35.5. The summed E-state index contributed by atoms with van der Waals surface area (Å²) in [4.78, 5) is 39.2. The molecule has 9 atom stereocenters. The average molecular weight is 624 g/mol. The third kappa shape index (κ3) is 3.80. The highest BCUT2D eigenvalue weighted by Gasteiger charge is 2.78. The summed E-state index contributed by atoms with van der Waals surface area (Å²) in [5.41, 5.74) is -7.41. The van der Waals surface area contributed by atoms with Gasteiger partial charge in [-0.05, 0) is 67.7 Å². The van der Waals surface area contributed by atoms with E-state index in [0.29, 0.717) is 11.8 Å². The van der Waals surface area contributed by atoms with Crippen molar-refractivity contribution in [3.63, 3.8) is 0 Å². The normalized spacial score (nSPS) is 42.8. The monoisotopic (exact) mass is 622 g/mol. The zero-order valence-corrected chi connectivity index (χ0v) is 24.5. The molecular weight excluding hydrogens is 596 g/mol. The molecule has 0 aromatic carbocycles. The molecule has 0 amide bonds. The number of ketones is 1. The van der Waals surface area contributed by atoms with Crippen LogP contribution in [0.15, 0.2) is 29.9 Å². The van der Waals surface area contributed by atoms with Gasteiger partial charge in [0.2, 0.25) is 5.12 Å². The summed E-state index contributed by atoms with van der Waals surface area (Å²) < 4.78 is 53.0. The summed E-state index contributed by atoms with van der Waals surface area (Å²) in [6.45, 7) is 4.76. The van der Waals surface area contributed by atoms with Crippen LogP contribution in [0.3, 0.4) is 0 Å². The van der Waals surface area contributed by atoms with Crippen molar-refractivity contribution in [1.82, 2.24) is 0 Å². The van der Waals surface area contributed by atoms with Crippen LogP contribution < -0.4 is 0 Å². The van der Waals surface area contributed by atoms with E-state index in [4.69, 9.17) is 27.9 Å². The molecule has 0 radical (unpaired) electrons. The number of thioether (sulfide) groups is 1. The summed E-state index contributed by atoms with van der Waals surface area (Å²) >= 11 is 13.4. The predicted molar refractivity (Wildman–Crippen MR) is 144 cm³/mol. The van der Waals surface area contributed by atoms with E-state index in [0.717, 1.165) is 17.4 Å². The number of aliphatic hydroxyl groups excluding tert-OH is 1. The van der Waals surface area contributed by atoms with E-state index in [9.17, 15) is 23.9 Å². The van der Waals surface area contributed by atoms with Crippen LogP contribution in [-0.2, 0) is 14.3 Å². The number of carbonyl (C=O) groups is 3. The summed E-state index contributed by atoms with van der Waals surface area (Å²) in [5, 5.41) is 10.8. The molecule has 1 heterocycles. The molecular formula is C27H27Cl2F3O5S2. The molecule has 0 unspecified atom stereocenters. The number of allylic oxidation sites excluding steroid dienone is 4. The minimum atomic E-state index is -2.37. The molecule has 5 nitrogen and oxygen atoms in total. The van der Waals surface area contributed by atoms with E-state index in [-0.39, 0.29) is 39.1 Å². The second-order valence-electron chi connectivity index (χ2n) is 11.4. The lowest BCUT2D eigenvalue weighted by atomic mass is 9.44. The number of ether oxygens (including phenoxy) is 1. The first-order valence-electron chi connectivity index (χ1n) is 12.5. The number of esters is 1. The number of aliphatic hydroxyl groups is 1. The Hall–Kier alpha value is -1.33. The number of hydrogen-bond acceptors (Lipinski definition) is 7. The van der Waals surface area contributed by atoms with Crippen molar-refractivity contribution in [2.45, 2.75) is 63.6 Å². The van der Waals surface area contributed by atoms with E-state index in [1.807, 2.05) is 0 Å². The lowest BCUT2D eigenvalue weighted by Gasteiger charge is -2.63. The van der Waals surface area contributed by atoms with E-state index in [1.54, 1.807) is 13.8 Å². The largest absolute Gasteiger partial charge is 0.446 e. The Balaban J connectivity index is 1.64. The molecule has 4 aliphatic rings. The van der Waals surface area contributed by atoms with Gasteiger partial charge in [-0.2, -0.15) is 0 Å². The number of thiophene rings is 1. The first kappa shape index (κ1) is 29.2. The van der Waals surface area contributed by atoms with Crippen LogP contribution in [0.2, 0.25) is 8.67 Å². The maximum absolute atomic E-state index is 17.4. The Morgan fingerprint density at radius 3 is 2.56 bits per heavy atom. The lowest BCUT2D eigenvalue weighted by molar-refractivity contribution is -0.221. The zero-order chi connectivity index (χ0) is 28.7. The molecule has 0 aliphatic heterocycles. The summed E-state index contributed by atoms with van der Waals surface area (Å²) in [6, 6.07) is 0.215. The zero-order valence-electron chi connectivity index (χ0n) is 21.3. The maximum atomic E-state index is 17.4. The topological polar surface area (TPSA) is 80.7 Å². The molecule has 3 saturated carbocycles. The van der Waals surface area contributed by atoms with Gasteiger partial charge in [0, 0.05) is 22.7 Å². The second kappa shape index (κ2) is 9.61. The summed E-state index contributed by atoms with van der Waals surface area (Å²) in [5.74, 6) is -3.94. The van der Waals surface area contributed by atoms with Crippen molar-refractivity contribution in [3.8, 4) is 0 Å². The Bertz CT molecular complexity index is 1320. The van der Waals surface area contributed by atoms with Gasteiger partial charge in [-0.15, -0.1) is 11.3 Å². The molecule has 0 saturated heterocycles. The van der Waals surface area contributed by atoms with Crippen molar-refractivity contribution in [2.75, 3.05) is 6.01 Å². The first-order chi connectivity index (χ1) is 18.2. The van der Waals surface area contributed by atoms with E-state index >= 15 is 8.78 Å². The molecule has 212 valence electrons. The molecule has 4 aliphatic carbocycles. The van der Waals surface area contributed by atoms with Gasteiger partial charge in [-0.3, -0.25) is 9.59 Å². The van der Waals surface area contributed by atoms with E-state index in [1.165, 1.54) is 25.1 Å². The number of halogens is 5. The standard InChI is InChI=1S/C27H27Cl2F3O5S2/c1-12-6-15-16-9-18(31)17-7-13(33)4-5-24(17,2)26(16,32)19(34)10-25(15,3)27(12,23(36)38-11-30)37-22(35)14-8-20(28)39-21(14)29/h4-5,7-8,12,15-16,18-19,34H,6,9-11H2,1-3H3/t12-,15+,16+,18+,19+,24+,25+,26+,27+/m1/s1. The number of hydrogen-bond donors (Lipinski definition) is 1. The van der Waals surface area contributed by atoms with E-state index in [2.05, 4.69) is 0 Å². The fraction of sp³-hybridized carbons (Fsp3) is 0.593. The fourth-order valence-electron chi connectivity index (χ4n) is 8.06. The van der Waals surface area contributed by atoms with Gasteiger partial charge in [0.15, 0.2) is 17.1 Å². The third-order valence-corrected chi connectivity index (χ3v) is 11.9. The molecule has 1 aromatic rings. The Morgan fingerprint density at radius 1 is 1.26 bits per heavy atom. The predicted octanol–water partition coefficient (Wildman–Crippen LogP) is 6.70. The van der Waals surface area contributed by atoms with Gasteiger partial charge in [0.1, 0.15) is 16.5 Å². The van der Waals surface area contributed by atoms with Crippen LogP contribution in [0.1, 0.15) is 50.4 Å². The van der Waals surface area contributed by atoms with Crippen molar-refractivity contribution in [2.24, 2.45) is 28.6 Å². The second-order valence-corrected chi connectivity index (χ2v) is 14.6. The molecule has 0 spiro atoms. The van der Waals surface area contributed by atoms with Gasteiger partial charge in [0.25, 0.3) is 0 Å². The Morgan fingerprint density at radius 2 is 1.95 bits per heavy atom. The van der Waals surface area contributed by atoms with Crippen molar-refractivity contribution in [3.05, 3.63) is 44.1 Å². The molecule has 39 heavy (non-hydrogen) atoms. The van der Waals surface area contributed by atoms with Gasteiger partial charge in [-0.25, -0.2) is 18.0 Å². The maximum Gasteiger partial charge on any atom is 0.341 e. The van der Waals surface area contributed by atoms with E-state index < -0.39 is 75.0 Å². The molecule has 0 bridgehead atoms. The van der Waals surface area contributed by atoms with Gasteiger partial charge in [-0.1, -0.05) is 43.1 Å². The SMILES string of the molecule is C[C@@H]1C[C@H]2[C@@H]3C[C@H](F)C4=CC(=O)C=C[C@]4(C)[C@@]3(F)[C@@H](O)C[C@]2(C)[C@@]1(OC(=O)c1cc(Cl)sc1Cl)C(=O)SCF. The van der Waals surface area contributed by atoms with Crippen molar-refractivity contribution >= 4 is 63.2 Å². The van der Waals surface area contributed by atoms with Crippen LogP contribution in [0.4, 0.5) is 13.2 Å². The first-order valence-corrected chi connectivity index (χ1v) is 15.1. The minimum absolute atomic E-state index is 0.0202. The summed E-state index contributed by atoms with van der Waals surface area (Å²) in [6.07, 6.45) is -0.258. The highest BCUT2D eigenvalue weighted by molar-refractivity contribution is 8.13. The molecule has 12 heteroatoms. The highest BCUT2D eigenvalue weighted by Crippen LogP contribution is 2.72. The molecule has 5 rings (SSSR count). The number of fused-ring (bicyclic) bond motifs is 5. The van der Waals surface area contributed by atoms with Crippen LogP contribution in [0, 0.1) is 28.6 Å². The average Bonchev–Trinajstić information content (AvgIpc) is 3.31. The molecule has 3 fully saturated rings. The van der Waals surface area contributed by atoms with Gasteiger partial charge >= 0.3 is 5.97 Å². The number of rotatable bonds is 4. The van der Waals surface area contributed by atoms with Gasteiger partial charge < -0.3 is 9.84 Å². The smallest absolute Gasteiger partial charge is 0.341 e.